The van der Waals surface area contributed by atoms with Gasteiger partial charge < -0.3 is 28.7 Å². The molecule has 2 bridgehead atoms. The Balaban J connectivity index is 0.970. The highest BCUT2D eigenvalue weighted by Crippen LogP contribution is 2.41. The van der Waals surface area contributed by atoms with Crippen molar-refractivity contribution in [3.05, 3.63) is 5.69 Å². The molecule has 0 spiro atoms. The summed E-state index contributed by atoms with van der Waals surface area (Å²) in [4.78, 5) is 7.36. The summed E-state index contributed by atoms with van der Waals surface area (Å²) in [5.41, 5.74) is 1.06. The van der Waals surface area contributed by atoms with Crippen molar-refractivity contribution in [2.45, 2.75) is 18.8 Å². The molecule has 5 rings (SSSR count). The van der Waals surface area contributed by atoms with Crippen LogP contribution in [0.4, 0.5) is 0 Å². The van der Waals surface area contributed by atoms with E-state index in [1.807, 2.05) is 0 Å². The first-order chi connectivity index (χ1) is 15.8. The summed E-state index contributed by atoms with van der Waals surface area (Å²) in [6.45, 7) is 13.3. The second-order valence-electron chi connectivity index (χ2n) is 9.03. The maximum absolute atomic E-state index is 5.89. The number of piperidine rings is 3. The highest BCUT2D eigenvalue weighted by atomic mass is 32.1. The molecule has 5 heterocycles. The predicted octanol–water partition coefficient (Wildman–Crippen LogP) is 1.02. The largest absolute Gasteiger partial charge is 0.473 e. The second kappa shape index (κ2) is 13.1. The summed E-state index contributed by atoms with van der Waals surface area (Å²) in [7, 11) is 2.18. The van der Waals surface area contributed by atoms with Crippen molar-refractivity contribution in [3.8, 4) is 5.88 Å². The van der Waals surface area contributed by atoms with Gasteiger partial charge >= 0.3 is 0 Å². The molecule has 4 saturated heterocycles. The molecule has 182 valence electrons. The van der Waals surface area contributed by atoms with Crippen LogP contribution < -0.4 is 4.74 Å². The van der Waals surface area contributed by atoms with E-state index in [0.29, 0.717) is 51.4 Å². The van der Waals surface area contributed by atoms with Crippen LogP contribution in [-0.4, -0.2) is 129 Å². The number of likely N-dealkylation sites (N-methyl/N-ethyl adjacent to an activating group) is 1. The van der Waals surface area contributed by atoms with E-state index in [2.05, 4.69) is 30.5 Å². The maximum Gasteiger partial charge on any atom is 0.249 e. The number of ether oxygens (including phenoxy) is 4. The van der Waals surface area contributed by atoms with Crippen molar-refractivity contribution in [3.63, 3.8) is 0 Å². The summed E-state index contributed by atoms with van der Waals surface area (Å²) in [6, 6.07) is 0. The molecule has 9 nitrogen and oxygen atoms in total. The molecule has 0 aromatic carbocycles. The Morgan fingerprint density at radius 2 is 1.47 bits per heavy atom. The van der Waals surface area contributed by atoms with Crippen molar-refractivity contribution >= 4 is 11.7 Å². The minimum absolute atomic E-state index is 0.476. The van der Waals surface area contributed by atoms with Crippen molar-refractivity contribution < 1.29 is 18.9 Å². The second-order valence-corrected chi connectivity index (χ2v) is 9.56. The van der Waals surface area contributed by atoms with E-state index < -0.39 is 0 Å². The van der Waals surface area contributed by atoms with E-state index >= 15 is 0 Å². The highest BCUT2D eigenvalue weighted by molar-refractivity contribution is 6.99. The third-order valence-electron chi connectivity index (χ3n) is 6.85. The minimum Gasteiger partial charge on any atom is -0.473 e. The molecular weight excluding hydrogens is 430 g/mol. The fourth-order valence-corrected chi connectivity index (χ4v) is 5.36. The summed E-state index contributed by atoms with van der Waals surface area (Å²) in [6.07, 6.45) is 2.54. The molecule has 32 heavy (non-hydrogen) atoms. The van der Waals surface area contributed by atoms with Gasteiger partial charge in [0, 0.05) is 45.2 Å². The van der Waals surface area contributed by atoms with Gasteiger partial charge in [0.15, 0.2) is 0 Å². The van der Waals surface area contributed by atoms with Crippen LogP contribution in [0, 0.1) is 5.92 Å². The average molecular weight is 470 g/mol. The molecule has 1 atom stereocenters. The number of fused-ring (bicyclic) bond motifs is 3. The standard InChI is InChI=1S/C22H39N5O4S/c1-25-6-8-26(9-7-25)10-11-28-12-13-29-14-15-30-16-17-31-22-21(23-32-24-22)20-18-27-4-2-19(20)3-5-27/h19-20H,2-18H2,1H3. The zero-order valence-electron chi connectivity index (χ0n) is 19.5. The molecule has 4 fully saturated rings. The number of hydrogen-bond acceptors (Lipinski definition) is 10. The fraction of sp³-hybridized carbons (Fsp3) is 0.909. The number of rotatable bonds is 14. The zero-order chi connectivity index (χ0) is 22.0. The predicted molar refractivity (Wildman–Crippen MR) is 124 cm³/mol. The van der Waals surface area contributed by atoms with Crippen molar-refractivity contribution in [2.75, 3.05) is 106 Å². The van der Waals surface area contributed by atoms with Gasteiger partial charge in [-0.3, -0.25) is 4.90 Å². The van der Waals surface area contributed by atoms with E-state index in [1.54, 1.807) is 0 Å². The van der Waals surface area contributed by atoms with Gasteiger partial charge in [-0.25, -0.2) is 0 Å². The lowest BCUT2D eigenvalue weighted by Gasteiger charge is -2.44. The summed E-state index contributed by atoms with van der Waals surface area (Å²) in [5, 5.41) is 0. The van der Waals surface area contributed by atoms with Crippen molar-refractivity contribution in [1.82, 2.24) is 23.4 Å². The lowest BCUT2D eigenvalue weighted by Crippen LogP contribution is -2.46. The van der Waals surface area contributed by atoms with Gasteiger partial charge in [0.25, 0.3) is 0 Å². The fourth-order valence-electron chi connectivity index (χ4n) is 4.79. The van der Waals surface area contributed by atoms with E-state index in [0.717, 1.165) is 57.5 Å². The topological polar surface area (TPSA) is 72.4 Å². The Hall–Kier alpha value is -0.880. The van der Waals surface area contributed by atoms with Crippen molar-refractivity contribution in [1.29, 1.82) is 0 Å². The first kappa shape index (κ1) is 24.3. The molecule has 1 unspecified atom stereocenters. The molecule has 4 aliphatic rings. The van der Waals surface area contributed by atoms with Crippen LogP contribution in [0.15, 0.2) is 0 Å². The van der Waals surface area contributed by atoms with Crippen LogP contribution in [0.1, 0.15) is 24.5 Å². The first-order valence-electron chi connectivity index (χ1n) is 12.1. The van der Waals surface area contributed by atoms with Crippen LogP contribution in [0.25, 0.3) is 0 Å². The van der Waals surface area contributed by atoms with Crippen LogP contribution in [0.2, 0.25) is 0 Å². The Labute approximate surface area is 196 Å². The molecule has 10 heteroatoms. The van der Waals surface area contributed by atoms with Crippen LogP contribution in [-0.2, 0) is 14.2 Å². The number of aromatic nitrogens is 2. The van der Waals surface area contributed by atoms with Gasteiger partial charge in [0.05, 0.1) is 51.4 Å². The number of nitrogens with zero attached hydrogens (tertiary/aromatic N) is 5. The van der Waals surface area contributed by atoms with Gasteiger partial charge in [0.2, 0.25) is 5.88 Å². The highest BCUT2D eigenvalue weighted by Gasteiger charge is 2.38. The van der Waals surface area contributed by atoms with Gasteiger partial charge in [-0.15, -0.1) is 4.37 Å². The van der Waals surface area contributed by atoms with E-state index in [-0.39, 0.29) is 0 Å². The molecule has 4 aliphatic heterocycles. The molecule has 0 saturated carbocycles. The van der Waals surface area contributed by atoms with E-state index in [1.165, 1.54) is 37.7 Å². The van der Waals surface area contributed by atoms with Gasteiger partial charge in [-0.05, 0) is 38.9 Å². The van der Waals surface area contributed by atoms with E-state index in [4.69, 9.17) is 18.9 Å². The van der Waals surface area contributed by atoms with Crippen LogP contribution >= 0.6 is 11.7 Å². The normalized spacial score (nSPS) is 26.6. The molecular formula is C22H39N5O4S. The van der Waals surface area contributed by atoms with Gasteiger partial charge in [-0.1, -0.05) is 0 Å². The third-order valence-corrected chi connectivity index (χ3v) is 7.37. The first-order valence-corrected chi connectivity index (χ1v) is 12.8. The Bertz CT molecular complexity index is 650. The van der Waals surface area contributed by atoms with Gasteiger partial charge in [-0.2, -0.15) is 4.37 Å². The zero-order valence-corrected chi connectivity index (χ0v) is 20.3. The molecule has 1 aromatic rings. The number of piperazine rings is 1. The van der Waals surface area contributed by atoms with Gasteiger partial charge in [0.1, 0.15) is 12.3 Å². The maximum atomic E-state index is 5.89. The Morgan fingerprint density at radius 1 is 0.812 bits per heavy atom. The lowest BCUT2D eigenvalue weighted by molar-refractivity contribution is 0.00401. The summed E-state index contributed by atoms with van der Waals surface area (Å²) in [5.74, 6) is 1.92. The van der Waals surface area contributed by atoms with Crippen LogP contribution in [0.3, 0.4) is 0 Å². The van der Waals surface area contributed by atoms with E-state index in [9.17, 15) is 0 Å². The summed E-state index contributed by atoms with van der Waals surface area (Å²) >= 11 is 1.26. The molecule has 0 radical (unpaired) electrons. The third kappa shape index (κ3) is 7.31. The Kier molecular flexibility index (Phi) is 9.94. The van der Waals surface area contributed by atoms with Crippen molar-refractivity contribution in [2.24, 2.45) is 5.92 Å². The SMILES string of the molecule is CN1CCN(CCOCCOCCOCCOc2nsnc2C2CN3CCC2CC3)CC1. The summed E-state index contributed by atoms with van der Waals surface area (Å²) < 4.78 is 31.7. The average Bonchev–Trinajstić information content (AvgIpc) is 3.30. The monoisotopic (exact) mass is 469 g/mol. The Morgan fingerprint density at radius 3 is 2.12 bits per heavy atom. The quantitative estimate of drug-likeness (QED) is 0.371. The minimum atomic E-state index is 0.476. The van der Waals surface area contributed by atoms with Crippen LogP contribution in [0.5, 0.6) is 5.88 Å². The smallest absolute Gasteiger partial charge is 0.249 e. The molecule has 1 aromatic heterocycles. The lowest BCUT2D eigenvalue weighted by atomic mass is 9.77. The number of hydrogen-bond donors (Lipinski definition) is 0. The molecule has 0 aliphatic carbocycles. The molecule has 0 N–H and O–H groups in total. The molecule has 0 amide bonds.